The van der Waals surface area contributed by atoms with E-state index in [0.717, 1.165) is 30.9 Å². The quantitative estimate of drug-likeness (QED) is 0.752. The van der Waals surface area contributed by atoms with Crippen LogP contribution in [0.25, 0.3) is 10.1 Å². The Labute approximate surface area is 156 Å². The number of fused-ring (bicyclic) bond motifs is 1. The molecule has 0 bridgehead atoms. The zero-order chi connectivity index (χ0) is 17.9. The van der Waals surface area contributed by atoms with Crippen molar-refractivity contribution in [3.8, 4) is 5.75 Å². The second kappa shape index (κ2) is 7.33. The molecule has 0 spiro atoms. The summed E-state index contributed by atoms with van der Waals surface area (Å²) in [5.74, 6) is 1.64. The lowest BCUT2D eigenvalue weighted by Gasteiger charge is -2.33. The fourth-order valence-electron chi connectivity index (χ4n) is 3.50. The third kappa shape index (κ3) is 3.24. The minimum absolute atomic E-state index is 0.0386. The van der Waals surface area contributed by atoms with Crippen molar-refractivity contribution in [3.63, 3.8) is 0 Å². The molecule has 4 rings (SSSR count). The summed E-state index contributed by atoms with van der Waals surface area (Å²) in [6.45, 7) is 1.61. The van der Waals surface area contributed by atoms with Gasteiger partial charge in [-0.25, -0.2) is 4.98 Å². The molecule has 1 aliphatic rings. The number of aromatic nitrogens is 1. The average Bonchev–Trinajstić information content (AvgIpc) is 3.17. The number of para-hydroxylation sites is 2. The Morgan fingerprint density at radius 1 is 1.31 bits per heavy atom. The lowest BCUT2D eigenvalue weighted by molar-refractivity contribution is -0.120. The number of carbonyl (C=O) groups excluding carboxylic acids is 1. The number of ether oxygens (including phenoxy) is 1. The van der Waals surface area contributed by atoms with Crippen molar-refractivity contribution < 1.29 is 9.53 Å². The van der Waals surface area contributed by atoms with Crippen molar-refractivity contribution in [2.45, 2.75) is 12.8 Å². The van der Waals surface area contributed by atoms with Gasteiger partial charge in [0, 0.05) is 29.4 Å². The average molecular weight is 367 g/mol. The summed E-state index contributed by atoms with van der Waals surface area (Å²) in [7, 11) is 1.61. The molecule has 1 saturated heterocycles. The minimum atomic E-state index is -0.0654. The number of hydrogen-bond donors (Lipinski definition) is 1. The van der Waals surface area contributed by atoms with Gasteiger partial charge in [-0.1, -0.05) is 12.1 Å². The summed E-state index contributed by atoms with van der Waals surface area (Å²) >= 11 is 1.72. The van der Waals surface area contributed by atoms with Gasteiger partial charge in [-0.2, -0.15) is 0 Å². The number of nitrogens with zero attached hydrogens (tertiary/aromatic N) is 2. The van der Waals surface area contributed by atoms with Crippen LogP contribution in [0.15, 0.2) is 48.0 Å². The number of hydrogen-bond acceptors (Lipinski definition) is 5. The fourth-order valence-corrected chi connectivity index (χ4v) is 4.27. The van der Waals surface area contributed by atoms with E-state index in [9.17, 15) is 4.79 Å². The van der Waals surface area contributed by atoms with Crippen molar-refractivity contribution in [3.05, 3.63) is 48.0 Å². The maximum absolute atomic E-state index is 12.8. The predicted octanol–water partition coefficient (Wildman–Crippen LogP) is 4.16. The number of methoxy groups -OCH3 is 1. The molecule has 6 heteroatoms. The Bertz CT molecular complexity index is 924. The Kier molecular flexibility index (Phi) is 4.75. The van der Waals surface area contributed by atoms with Crippen molar-refractivity contribution in [2.24, 2.45) is 5.92 Å². The molecular formula is C20H21N3O2S. The van der Waals surface area contributed by atoms with Gasteiger partial charge >= 0.3 is 0 Å². The van der Waals surface area contributed by atoms with Crippen LogP contribution in [0.2, 0.25) is 0 Å². The molecule has 0 radical (unpaired) electrons. The number of anilines is 2. The Morgan fingerprint density at radius 3 is 3.08 bits per heavy atom. The summed E-state index contributed by atoms with van der Waals surface area (Å²) in [5, 5.41) is 6.29. The summed E-state index contributed by atoms with van der Waals surface area (Å²) in [6, 6.07) is 11.7. The Balaban J connectivity index is 1.51. The third-order valence-electron chi connectivity index (χ3n) is 4.82. The fraction of sp³-hybridized carbons (Fsp3) is 0.300. The molecule has 0 aliphatic carbocycles. The summed E-state index contributed by atoms with van der Waals surface area (Å²) in [4.78, 5) is 19.6. The van der Waals surface area contributed by atoms with Crippen LogP contribution in [0.5, 0.6) is 5.75 Å². The number of benzene rings is 1. The van der Waals surface area contributed by atoms with Gasteiger partial charge in [0.2, 0.25) is 5.91 Å². The minimum Gasteiger partial charge on any atom is -0.495 e. The first-order chi connectivity index (χ1) is 12.8. The first-order valence-electron chi connectivity index (χ1n) is 8.77. The van der Waals surface area contributed by atoms with Gasteiger partial charge in [0.25, 0.3) is 0 Å². The summed E-state index contributed by atoms with van der Waals surface area (Å²) in [6.07, 6.45) is 3.72. The lowest BCUT2D eigenvalue weighted by Crippen LogP contribution is -2.41. The molecule has 1 fully saturated rings. The zero-order valence-electron chi connectivity index (χ0n) is 14.6. The monoisotopic (exact) mass is 367 g/mol. The van der Waals surface area contributed by atoms with Crippen LogP contribution in [0.1, 0.15) is 12.8 Å². The highest BCUT2D eigenvalue weighted by atomic mass is 32.1. The standard InChI is InChI=1S/C20H21N3O2S/c1-25-17-7-3-2-6-16(17)22-20(24)14-5-4-11-23(13-14)19-15-9-12-26-18(15)8-10-21-19/h2-3,6-10,12,14H,4-5,11,13H2,1H3,(H,22,24)/t14-/m1/s1. The molecule has 1 aliphatic heterocycles. The van der Waals surface area contributed by atoms with Crippen LogP contribution in [0.3, 0.4) is 0 Å². The number of amides is 1. The van der Waals surface area contributed by atoms with Crippen molar-refractivity contribution in [1.29, 1.82) is 0 Å². The van der Waals surface area contributed by atoms with Crippen LogP contribution < -0.4 is 15.0 Å². The second-order valence-electron chi connectivity index (χ2n) is 6.44. The third-order valence-corrected chi connectivity index (χ3v) is 5.70. The van der Waals surface area contributed by atoms with Crippen molar-refractivity contribution >= 4 is 38.8 Å². The maximum Gasteiger partial charge on any atom is 0.229 e. The van der Waals surface area contributed by atoms with Crippen molar-refractivity contribution in [1.82, 2.24) is 4.98 Å². The first kappa shape index (κ1) is 16.8. The molecule has 3 aromatic rings. The number of thiophene rings is 1. The predicted molar refractivity (Wildman–Crippen MR) is 106 cm³/mol. The smallest absolute Gasteiger partial charge is 0.229 e. The maximum atomic E-state index is 12.8. The van der Waals surface area contributed by atoms with E-state index in [1.165, 1.54) is 10.1 Å². The van der Waals surface area contributed by atoms with Gasteiger partial charge in [0.1, 0.15) is 11.6 Å². The molecule has 0 saturated carbocycles. The number of carbonyl (C=O) groups is 1. The molecule has 1 N–H and O–H groups in total. The number of piperidine rings is 1. The van der Waals surface area contributed by atoms with Gasteiger partial charge in [-0.05, 0) is 42.5 Å². The highest BCUT2D eigenvalue weighted by Crippen LogP contribution is 2.32. The van der Waals surface area contributed by atoms with E-state index in [1.54, 1.807) is 18.4 Å². The van der Waals surface area contributed by atoms with E-state index in [2.05, 4.69) is 26.6 Å². The molecule has 26 heavy (non-hydrogen) atoms. The van der Waals surface area contributed by atoms with Crippen LogP contribution in [-0.2, 0) is 4.79 Å². The highest BCUT2D eigenvalue weighted by molar-refractivity contribution is 7.17. The number of pyridine rings is 1. The molecule has 134 valence electrons. The van der Waals surface area contributed by atoms with E-state index in [4.69, 9.17) is 4.74 Å². The Morgan fingerprint density at radius 2 is 2.19 bits per heavy atom. The molecule has 1 amide bonds. The largest absolute Gasteiger partial charge is 0.495 e. The van der Waals surface area contributed by atoms with Gasteiger partial charge in [-0.15, -0.1) is 11.3 Å². The van der Waals surface area contributed by atoms with Crippen LogP contribution in [0, 0.1) is 5.92 Å². The second-order valence-corrected chi connectivity index (χ2v) is 7.39. The van der Waals surface area contributed by atoms with E-state index >= 15 is 0 Å². The van der Waals surface area contributed by atoms with Gasteiger partial charge in [-0.3, -0.25) is 4.79 Å². The molecule has 3 heterocycles. The topological polar surface area (TPSA) is 54.5 Å². The normalized spacial score (nSPS) is 17.3. The number of nitrogens with one attached hydrogen (secondary N) is 1. The van der Waals surface area contributed by atoms with E-state index in [0.29, 0.717) is 12.3 Å². The Hall–Kier alpha value is -2.60. The first-order valence-corrected chi connectivity index (χ1v) is 9.65. The SMILES string of the molecule is COc1ccccc1NC(=O)[C@@H]1CCCN(c2nccc3sccc23)C1. The molecule has 2 aromatic heterocycles. The van der Waals surface area contributed by atoms with Gasteiger partial charge in [0.05, 0.1) is 18.7 Å². The lowest BCUT2D eigenvalue weighted by atomic mass is 9.96. The number of rotatable bonds is 4. The molecule has 1 atom stereocenters. The van der Waals surface area contributed by atoms with E-state index in [1.807, 2.05) is 36.5 Å². The van der Waals surface area contributed by atoms with E-state index < -0.39 is 0 Å². The highest BCUT2D eigenvalue weighted by Gasteiger charge is 2.28. The van der Waals surface area contributed by atoms with Crippen molar-refractivity contribution in [2.75, 3.05) is 30.4 Å². The van der Waals surface area contributed by atoms with Crippen LogP contribution >= 0.6 is 11.3 Å². The summed E-state index contributed by atoms with van der Waals surface area (Å²) in [5.41, 5.74) is 0.718. The van der Waals surface area contributed by atoms with E-state index in [-0.39, 0.29) is 11.8 Å². The van der Waals surface area contributed by atoms with Crippen LogP contribution in [0.4, 0.5) is 11.5 Å². The molecule has 1 aromatic carbocycles. The molecule has 5 nitrogen and oxygen atoms in total. The summed E-state index contributed by atoms with van der Waals surface area (Å²) < 4.78 is 6.56. The molecule has 0 unspecified atom stereocenters. The molecular weight excluding hydrogens is 346 g/mol. The van der Waals surface area contributed by atoms with Gasteiger partial charge in [0.15, 0.2) is 0 Å². The zero-order valence-corrected chi connectivity index (χ0v) is 15.5. The van der Waals surface area contributed by atoms with Crippen LogP contribution in [-0.4, -0.2) is 31.1 Å². The van der Waals surface area contributed by atoms with Gasteiger partial charge < -0.3 is 15.0 Å².